The maximum Gasteiger partial charge on any atom is 0.126 e. The fourth-order valence-corrected chi connectivity index (χ4v) is 5.54. The molecule has 2 aromatic carbocycles. The van der Waals surface area contributed by atoms with Crippen LogP contribution in [0.1, 0.15) is 49.1 Å². The third-order valence-electron chi connectivity index (χ3n) is 7.07. The van der Waals surface area contributed by atoms with Gasteiger partial charge in [-0.1, -0.05) is 0 Å². The highest BCUT2D eigenvalue weighted by molar-refractivity contribution is 5.34. The van der Waals surface area contributed by atoms with Gasteiger partial charge in [-0.2, -0.15) is 0 Å². The summed E-state index contributed by atoms with van der Waals surface area (Å²) >= 11 is 0. The molecule has 1 unspecified atom stereocenters. The summed E-state index contributed by atoms with van der Waals surface area (Å²) in [7, 11) is 4.56. The second-order valence-electron chi connectivity index (χ2n) is 9.05. The zero-order valence-corrected chi connectivity index (χ0v) is 16.3. The van der Waals surface area contributed by atoms with Crippen molar-refractivity contribution in [2.45, 2.75) is 50.1 Å². The number of hydrogen-bond acceptors (Lipinski definition) is 0. The van der Waals surface area contributed by atoms with Crippen molar-refractivity contribution >= 4 is 0 Å². The third-order valence-corrected chi connectivity index (χ3v) is 7.07. The molecule has 0 radical (unpaired) electrons. The molecule has 2 fully saturated rings. The molecule has 2 bridgehead atoms. The first-order valence-corrected chi connectivity index (χ1v) is 9.97. The predicted octanol–water partition coefficient (Wildman–Crippen LogP) is 5.78. The lowest BCUT2D eigenvalue weighted by atomic mass is 9.78. The zero-order valence-electron chi connectivity index (χ0n) is 16.3. The Bertz CT molecular complexity index is 771. The number of nitrogens with zero attached hydrogens (tertiary/aromatic N) is 1. The van der Waals surface area contributed by atoms with Gasteiger partial charge >= 0.3 is 0 Å². The van der Waals surface area contributed by atoms with Gasteiger partial charge in [0.15, 0.2) is 0 Å². The molecule has 1 nitrogen and oxygen atoms in total. The van der Waals surface area contributed by atoms with E-state index in [4.69, 9.17) is 0 Å². The molecule has 4 rings (SSSR count). The Hall–Kier alpha value is -1.88. The summed E-state index contributed by atoms with van der Waals surface area (Å²) in [5, 5.41) is 0. The van der Waals surface area contributed by atoms with Crippen molar-refractivity contribution in [3.05, 3.63) is 70.8 Å². The van der Waals surface area contributed by atoms with E-state index in [9.17, 15) is 17.6 Å². The maximum atomic E-state index is 13.9. The van der Waals surface area contributed by atoms with Gasteiger partial charge in [-0.3, -0.25) is 0 Å². The Labute approximate surface area is 163 Å². The SMILES string of the molecule is C[N+]1(C)[C@@H]2CC[C@H]1CC(CC(c1cc(F)cc(F)c1)c1cc(F)cc(F)c1)C2. The van der Waals surface area contributed by atoms with Crippen LogP contribution in [0, 0.1) is 29.2 Å². The number of quaternary nitrogens is 1. The van der Waals surface area contributed by atoms with Gasteiger partial charge in [-0.05, 0) is 47.7 Å². The van der Waals surface area contributed by atoms with E-state index < -0.39 is 29.2 Å². The monoisotopic (exact) mass is 392 g/mol. The molecule has 0 spiro atoms. The van der Waals surface area contributed by atoms with Crippen molar-refractivity contribution < 1.29 is 22.0 Å². The highest BCUT2D eigenvalue weighted by atomic mass is 19.1. The third kappa shape index (κ3) is 3.69. The van der Waals surface area contributed by atoms with E-state index in [1.54, 1.807) is 0 Å². The van der Waals surface area contributed by atoms with Gasteiger partial charge in [0.25, 0.3) is 0 Å². The highest BCUT2D eigenvalue weighted by Gasteiger charge is 2.49. The number of benzene rings is 2. The standard InChI is InChI=1S/C23H26F4N/c1-28(2)21-3-4-22(28)6-14(5-21)7-23(15-8-17(24)12-18(25)9-15)16-10-19(26)13-20(27)11-16/h8-14,21-23H,3-7H2,1-2H3/q+1/t14?,21-,22+. The number of fused-ring (bicyclic) bond motifs is 2. The Morgan fingerprint density at radius 3 is 1.54 bits per heavy atom. The molecule has 0 aliphatic carbocycles. The van der Waals surface area contributed by atoms with Crippen molar-refractivity contribution in [1.29, 1.82) is 0 Å². The first-order chi connectivity index (χ1) is 13.2. The van der Waals surface area contributed by atoms with Crippen molar-refractivity contribution in [2.24, 2.45) is 5.92 Å². The van der Waals surface area contributed by atoms with E-state index in [1.807, 2.05) is 0 Å². The van der Waals surface area contributed by atoms with E-state index in [1.165, 1.54) is 37.1 Å². The number of halogens is 4. The van der Waals surface area contributed by atoms with Crippen molar-refractivity contribution in [1.82, 2.24) is 0 Å². The Balaban J connectivity index is 1.68. The molecule has 150 valence electrons. The van der Waals surface area contributed by atoms with Crippen LogP contribution in [0.25, 0.3) is 0 Å². The zero-order chi connectivity index (χ0) is 20.1. The fourth-order valence-electron chi connectivity index (χ4n) is 5.54. The summed E-state index contributed by atoms with van der Waals surface area (Å²) in [6.45, 7) is 0. The quantitative estimate of drug-likeness (QED) is 0.457. The molecule has 5 heteroatoms. The summed E-state index contributed by atoms with van der Waals surface area (Å²) in [5.41, 5.74) is 0.878. The van der Waals surface area contributed by atoms with Gasteiger partial charge in [-0.15, -0.1) is 0 Å². The van der Waals surface area contributed by atoms with Crippen LogP contribution in [0.5, 0.6) is 0 Å². The lowest BCUT2D eigenvalue weighted by molar-refractivity contribution is -0.931. The van der Waals surface area contributed by atoms with Gasteiger partial charge in [0.1, 0.15) is 23.3 Å². The van der Waals surface area contributed by atoms with Crippen LogP contribution in [0.15, 0.2) is 36.4 Å². The molecule has 2 saturated heterocycles. The van der Waals surface area contributed by atoms with Crippen LogP contribution in [-0.4, -0.2) is 30.7 Å². The van der Waals surface area contributed by atoms with Crippen LogP contribution in [0.3, 0.4) is 0 Å². The second-order valence-corrected chi connectivity index (χ2v) is 9.05. The van der Waals surface area contributed by atoms with Crippen molar-refractivity contribution in [3.8, 4) is 0 Å². The van der Waals surface area contributed by atoms with Gasteiger partial charge < -0.3 is 4.48 Å². The van der Waals surface area contributed by atoms with E-state index in [0.29, 0.717) is 35.5 Å². The Kier molecular flexibility index (Phi) is 4.98. The predicted molar refractivity (Wildman–Crippen MR) is 101 cm³/mol. The van der Waals surface area contributed by atoms with Crippen LogP contribution in [-0.2, 0) is 0 Å². The minimum atomic E-state index is -0.668. The average molecular weight is 392 g/mol. The molecule has 2 heterocycles. The van der Waals surface area contributed by atoms with Gasteiger partial charge in [0.2, 0.25) is 0 Å². The largest absolute Gasteiger partial charge is 0.324 e. The molecular formula is C23H26F4N+. The van der Waals surface area contributed by atoms with E-state index in [0.717, 1.165) is 29.5 Å². The highest BCUT2D eigenvalue weighted by Crippen LogP contribution is 2.46. The molecule has 28 heavy (non-hydrogen) atoms. The average Bonchev–Trinajstić information content (AvgIpc) is 2.76. The molecule has 0 N–H and O–H groups in total. The molecule has 3 atom stereocenters. The molecule has 0 aromatic heterocycles. The molecular weight excluding hydrogens is 366 g/mol. The molecule has 0 saturated carbocycles. The minimum absolute atomic E-state index is 0.367. The van der Waals surface area contributed by atoms with Crippen LogP contribution < -0.4 is 0 Å². The fraction of sp³-hybridized carbons (Fsp3) is 0.478. The first-order valence-electron chi connectivity index (χ1n) is 9.97. The molecule has 0 amide bonds. The summed E-state index contributed by atoms with van der Waals surface area (Å²) in [6, 6.07) is 7.96. The lowest BCUT2D eigenvalue weighted by Crippen LogP contribution is -2.54. The van der Waals surface area contributed by atoms with Gasteiger partial charge in [-0.25, -0.2) is 17.6 Å². The normalized spacial score (nSPS) is 26.0. The summed E-state index contributed by atoms with van der Waals surface area (Å²) in [6.07, 6.45) is 5.11. The smallest absolute Gasteiger partial charge is 0.126 e. The van der Waals surface area contributed by atoms with Crippen molar-refractivity contribution in [2.75, 3.05) is 14.1 Å². The lowest BCUT2D eigenvalue weighted by Gasteiger charge is -2.45. The summed E-state index contributed by atoms with van der Waals surface area (Å²) in [5.74, 6) is -2.74. The van der Waals surface area contributed by atoms with E-state index in [2.05, 4.69) is 14.1 Å². The molecule has 2 aliphatic heterocycles. The van der Waals surface area contributed by atoms with Crippen LogP contribution >= 0.6 is 0 Å². The van der Waals surface area contributed by atoms with Gasteiger partial charge in [0, 0.05) is 43.7 Å². The minimum Gasteiger partial charge on any atom is -0.324 e. The van der Waals surface area contributed by atoms with Gasteiger partial charge in [0.05, 0.1) is 26.2 Å². The first kappa shape index (κ1) is 19.4. The maximum absolute atomic E-state index is 13.9. The Morgan fingerprint density at radius 1 is 0.750 bits per heavy atom. The van der Waals surface area contributed by atoms with E-state index in [-0.39, 0.29) is 0 Å². The number of rotatable bonds is 4. The Morgan fingerprint density at radius 2 is 1.14 bits per heavy atom. The number of piperidine rings is 1. The van der Waals surface area contributed by atoms with Crippen LogP contribution in [0.2, 0.25) is 0 Å². The second kappa shape index (κ2) is 7.18. The number of hydrogen-bond donors (Lipinski definition) is 0. The van der Waals surface area contributed by atoms with Crippen LogP contribution in [0.4, 0.5) is 17.6 Å². The molecule has 2 aliphatic rings. The van der Waals surface area contributed by atoms with E-state index >= 15 is 0 Å². The summed E-state index contributed by atoms with van der Waals surface area (Å²) in [4.78, 5) is 0. The molecule has 2 aromatic rings. The van der Waals surface area contributed by atoms with Crippen molar-refractivity contribution in [3.63, 3.8) is 0 Å². The summed E-state index contributed by atoms with van der Waals surface area (Å²) < 4.78 is 56.6. The topological polar surface area (TPSA) is 0 Å².